The molecule has 0 aromatic heterocycles. The third kappa shape index (κ3) is 2.98. The van der Waals surface area contributed by atoms with E-state index in [1.54, 1.807) is 0 Å². The molecule has 1 fully saturated rings. The average Bonchev–Trinajstić information content (AvgIpc) is 2.38. The summed E-state index contributed by atoms with van der Waals surface area (Å²) in [5, 5.41) is 0. The largest absolute Gasteiger partial charge is 0.338 e. The Hall–Kier alpha value is -1.35. The highest BCUT2D eigenvalue weighted by Gasteiger charge is 2.28. The van der Waals surface area contributed by atoms with Crippen LogP contribution in [-0.2, 0) is 0 Å². The number of hydrogen-bond donors (Lipinski definition) is 1. The Morgan fingerprint density at radius 2 is 2.16 bits per heavy atom. The zero-order chi connectivity index (χ0) is 14.0. The second-order valence-electron chi connectivity index (χ2n) is 5.83. The number of carbonyl (C=O) groups is 1. The molecule has 19 heavy (non-hydrogen) atoms. The first-order valence-electron chi connectivity index (χ1n) is 7.09. The van der Waals surface area contributed by atoms with Crippen molar-refractivity contribution >= 4 is 5.91 Å². The van der Waals surface area contributed by atoms with Gasteiger partial charge in [-0.3, -0.25) is 4.79 Å². The van der Waals surface area contributed by atoms with Crippen molar-refractivity contribution in [3.8, 4) is 0 Å². The Bertz CT molecular complexity index is 470. The molecule has 3 nitrogen and oxygen atoms in total. The van der Waals surface area contributed by atoms with Crippen molar-refractivity contribution < 1.29 is 4.79 Å². The van der Waals surface area contributed by atoms with Crippen LogP contribution in [-0.4, -0.2) is 30.4 Å². The normalized spacial score (nSPS) is 23.5. The van der Waals surface area contributed by atoms with Crippen LogP contribution in [0.5, 0.6) is 0 Å². The van der Waals surface area contributed by atoms with Gasteiger partial charge in [-0.15, -0.1) is 0 Å². The average molecular weight is 260 g/mol. The van der Waals surface area contributed by atoms with E-state index in [-0.39, 0.29) is 5.91 Å². The van der Waals surface area contributed by atoms with Gasteiger partial charge in [-0.1, -0.05) is 24.6 Å². The van der Waals surface area contributed by atoms with E-state index < -0.39 is 0 Å². The van der Waals surface area contributed by atoms with Crippen LogP contribution < -0.4 is 5.73 Å². The van der Waals surface area contributed by atoms with E-state index in [4.69, 9.17) is 5.73 Å². The zero-order valence-corrected chi connectivity index (χ0v) is 12.1. The number of rotatable bonds is 2. The second-order valence-corrected chi connectivity index (χ2v) is 5.83. The van der Waals surface area contributed by atoms with E-state index in [9.17, 15) is 4.79 Å². The molecule has 0 spiro atoms. The first-order valence-corrected chi connectivity index (χ1v) is 7.09. The number of piperidine rings is 1. The summed E-state index contributed by atoms with van der Waals surface area (Å²) >= 11 is 0. The summed E-state index contributed by atoms with van der Waals surface area (Å²) in [4.78, 5) is 14.6. The van der Waals surface area contributed by atoms with Gasteiger partial charge in [0.25, 0.3) is 5.91 Å². The molecule has 2 rings (SSSR count). The molecule has 0 saturated carbocycles. The van der Waals surface area contributed by atoms with Crippen molar-refractivity contribution in [2.45, 2.75) is 27.2 Å². The fourth-order valence-electron chi connectivity index (χ4n) is 2.86. The summed E-state index contributed by atoms with van der Waals surface area (Å²) in [6.07, 6.45) is 1.05. The van der Waals surface area contributed by atoms with Crippen molar-refractivity contribution in [3.63, 3.8) is 0 Å². The molecule has 2 unspecified atom stereocenters. The predicted molar refractivity (Wildman–Crippen MR) is 78.1 cm³/mol. The monoisotopic (exact) mass is 260 g/mol. The van der Waals surface area contributed by atoms with E-state index in [2.05, 4.69) is 13.0 Å². The van der Waals surface area contributed by atoms with Crippen molar-refractivity contribution in [1.82, 2.24) is 4.90 Å². The Morgan fingerprint density at radius 3 is 2.79 bits per heavy atom. The lowest BCUT2D eigenvalue weighted by atomic mass is 9.87. The van der Waals surface area contributed by atoms with Crippen molar-refractivity contribution in [3.05, 3.63) is 34.9 Å². The van der Waals surface area contributed by atoms with E-state index in [0.29, 0.717) is 18.4 Å². The number of hydrogen-bond acceptors (Lipinski definition) is 2. The van der Waals surface area contributed by atoms with E-state index in [1.165, 1.54) is 5.56 Å². The summed E-state index contributed by atoms with van der Waals surface area (Å²) in [5.41, 5.74) is 8.89. The number of amides is 1. The Kier molecular flexibility index (Phi) is 4.25. The van der Waals surface area contributed by atoms with Gasteiger partial charge in [-0.05, 0) is 50.3 Å². The third-order valence-electron chi connectivity index (χ3n) is 4.32. The molecular formula is C16H24N2O. The maximum atomic E-state index is 12.6. The van der Waals surface area contributed by atoms with Crippen molar-refractivity contribution in [2.75, 3.05) is 19.6 Å². The summed E-state index contributed by atoms with van der Waals surface area (Å²) in [7, 11) is 0. The summed E-state index contributed by atoms with van der Waals surface area (Å²) in [5.74, 6) is 1.21. The van der Waals surface area contributed by atoms with Crippen LogP contribution in [0.1, 0.15) is 34.8 Å². The van der Waals surface area contributed by atoms with Crippen LogP contribution in [0.2, 0.25) is 0 Å². The first kappa shape index (κ1) is 14.1. The Labute approximate surface area is 115 Å². The molecule has 2 N–H and O–H groups in total. The summed E-state index contributed by atoms with van der Waals surface area (Å²) in [6, 6.07) is 6.02. The minimum atomic E-state index is 0.155. The number of benzene rings is 1. The Balaban J connectivity index is 2.15. The highest BCUT2D eigenvalue weighted by Crippen LogP contribution is 2.24. The minimum Gasteiger partial charge on any atom is -0.338 e. The van der Waals surface area contributed by atoms with Crippen molar-refractivity contribution in [1.29, 1.82) is 0 Å². The molecule has 1 heterocycles. The van der Waals surface area contributed by atoms with E-state index in [0.717, 1.165) is 30.6 Å². The molecular weight excluding hydrogens is 236 g/mol. The third-order valence-corrected chi connectivity index (χ3v) is 4.32. The molecule has 3 heteroatoms. The van der Waals surface area contributed by atoms with Gasteiger partial charge >= 0.3 is 0 Å². The number of aryl methyl sites for hydroxylation is 2. The molecule has 1 saturated heterocycles. The molecule has 2 atom stereocenters. The lowest BCUT2D eigenvalue weighted by molar-refractivity contribution is 0.0618. The predicted octanol–water partition coefficient (Wildman–Crippen LogP) is 2.36. The van der Waals surface area contributed by atoms with Crippen LogP contribution in [0.15, 0.2) is 18.2 Å². The van der Waals surface area contributed by atoms with Gasteiger partial charge in [-0.2, -0.15) is 0 Å². The van der Waals surface area contributed by atoms with Gasteiger partial charge in [0.15, 0.2) is 0 Å². The minimum absolute atomic E-state index is 0.155. The van der Waals surface area contributed by atoms with Gasteiger partial charge in [0.1, 0.15) is 0 Å². The quantitative estimate of drug-likeness (QED) is 0.887. The SMILES string of the molecule is Cc1ccc(C(=O)N2CCC(C)C(CN)C2)c(C)c1. The topological polar surface area (TPSA) is 46.3 Å². The molecule has 1 aliphatic rings. The molecule has 0 bridgehead atoms. The summed E-state index contributed by atoms with van der Waals surface area (Å²) in [6.45, 7) is 8.60. The highest BCUT2D eigenvalue weighted by atomic mass is 16.2. The van der Waals surface area contributed by atoms with Gasteiger partial charge in [0.05, 0.1) is 0 Å². The molecule has 1 amide bonds. The van der Waals surface area contributed by atoms with Crippen LogP contribution in [0.4, 0.5) is 0 Å². The lowest BCUT2D eigenvalue weighted by Crippen LogP contribution is -2.45. The zero-order valence-electron chi connectivity index (χ0n) is 12.1. The number of nitrogens with two attached hydrogens (primary N) is 1. The fraction of sp³-hybridized carbons (Fsp3) is 0.562. The molecule has 104 valence electrons. The first-order chi connectivity index (χ1) is 9.02. The van der Waals surface area contributed by atoms with Crippen LogP contribution in [0.3, 0.4) is 0 Å². The van der Waals surface area contributed by atoms with Crippen LogP contribution in [0.25, 0.3) is 0 Å². The van der Waals surface area contributed by atoms with Gasteiger partial charge < -0.3 is 10.6 Å². The van der Waals surface area contributed by atoms with E-state index in [1.807, 2.05) is 30.9 Å². The fourth-order valence-corrected chi connectivity index (χ4v) is 2.86. The van der Waals surface area contributed by atoms with Gasteiger partial charge in [0.2, 0.25) is 0 Å². The van der Waals surface area contributed by atoms with E-state index >= 15 is 0 Å². The molecule has 0 radical (unpaired) electrons. The number of nitrogens with zero attached hydrogens (tertiary/aromatic N) is 1. The summed E-state index contributed by atoms with van der Waals surface area (Å²) < 4.78 is 0. The molecule has 0 aliphatic carbocycles. The maximum Gasteiger partial charge on any atom is 0.254 e. The van der Waals surface area contributed by atoms with Gasteiger partial charge in [-0.25, -0.2) is 0 Å². The number of carbonyl (C=O) groups excluding carboxylic acids is 1. The van der Waals surface area contributed by atoms with Crippen LogP contribution >= 0.6 is 0 Å². The van der Waals surface area contributed by atoms with Gasteiger partial charge in [0, 0.05) is 18.7 Å². The van der Waals surface area contributed by atoms with Crippen molar-refractivity contribution in [2.24, 2.45) is 17.6 Å². The Morgan fingerprint density at radius 1 is 1.42 bits per heavy atom. The molecule has 1 aromatic carbocycles. The second kappa shape index (κ2) is 5.74. The standard InChI is InChI=1S/C16H24N2O/c1-11-4-5-15(13(3)8-11)16(19)18-7-6-12(2)14(9-17)10-18/h4-5,8,12,14H,6-7,9-10,17H2,1-3H3. The lowest BCUT2D eigenvalue weighted by Gasteiger charge is -2.36. The maximum absolute atomic E-state index is 12.6. The van der Waals surface area contributed by atoms with Crippen LogP contribution in [0, 0.1) is 25.7 Å². The molecule has 1 aromatic rings. The number of likely N-dealkylation sites (tertiary alicyclic amines) is 1. The highest BCUT2D eigenvalue weighted by molar-refractivity contribution is 5.95. The molecule has 1 aliphatic heterocycles. The smallest absolute Gasteiger partial charge is 0.254 e.